The number of nitrogens with one attached hydrogen (secondary N) is 2. The third-order valence-corrected chi connectivity index (χ3v) is 6.14. The first-order valence-corrected chi connectivity index (χ1v) is 10.4. The second kappa shape index (κ2) is 8.23. The van der Waals surface area contributed by atoms with Crippen molar-refractivity contribution in [1.29, 1.82) is 0 Å². The number of H-pyrrole nitrogens is 1. The number of aromatic amines is 1. The monoisotopic (exact) mass is 392 g/mol. The molecule has 3 aromatic rings. The van der Waals surface area contributed by atoms with E-state index in [0.717, 1.165) is 29.8 Å². The second-order valence-electron chi connectivity index (χ2n) is 8.11. The Balaban J connectivity index is 1.58. The van der Waals surface area contributed by atoms with Crippen LogP contribution in [0.4, 0.5) is 0 Å². The summed E-state index contributed by atoms with van der Waals surface area (Å²) in [7, 11) is 0. The fraction of sp³-hybridized carbons (Fsp3) is 0.435. The molecular formula is C23H28N4O2. The van der Waals surface area contributed by atoms with Gasteiger partial charge < -0.3 is 5.32 Å². The molecule has 1 aliphatic rings. The van der Waals surface area contributed by atoms with Crippen LogP contribution in [0.25, 0.3) is 5.65 Å². The van der Waals surface area contributed by atoms with Crippen molar-refractivity contribution >= 4 is 11.6 Å². The van der Waals surface area contributed by atoms with Gasteiger partial charge in [-0.15, -0.1) is 0 Å². The van der Waals surface area contributed by atoms with Gasteiger partial charge in [-0.05, 0) is 38.2 Å². The maximum atomic E-state index is 13.1. The molecule has 152 valence electrons. The number of rotatable bonds is 5. The molecule has 0 saturated heterocycles. The van der Waals surface area contributed by atoms with Crippen LogP contribution in [0.15, 0.2) is 41.2 Å². The minimum atomic E-state index is -0.192. The van der Waals surface area contributed by atoms with Crippen molar-refractivity contribution in [3.63, 3.8) is 0 Å². The molecule has 1 saturated carbocycles. The highest BCUT2D eigenvalue weighted by molar-refractivity contribution is 5.79. The predicted octanol–water partition coefficient (Wildman–Crippen LogP) is 3.62. The van der Waals surface area contributed by atoms with Gasteiger partial charge in [0.05, 0.1) is 12.5 Å². The topological polar surface area (TPSA) is 79.3 Å². The number of hydrogen-bond acceptors (Lipinski definition) is 3. The first kappa shape index (κ1) is 19.4. The van der Waals surface area contributed by atoms with E-state index in [2.05, 4.69) is 27.5 Å². The number of aryl methyl sites for hydroxylation is 2. The average Bonchev–Trinajstić information content (AvgIpc) is 3.11. The Bertz CT molecular complexity index is 1060. The van der Waals surface area contributed by atoms with Gasteiger partial charge in [-0.3, -0.25) is 14.7 Å². The maximum absolute atomic E-state index is 13.1. The van der Waals surface area contributed by atoms with Crippen molar-refractivity contribution in [2.75, 3.05) is 0 Å². The van der Waals surface area contributed by atoms with Crippen LogP contribution >= 0.6 is 0 Å². The average molecular weight is 393 g/mol. The molecule has 1 unspecified atom stereocenters. The van der Waals surface area contributed by atoms with E-state index < -0.39 is 0 Å². The van der Waals surface area contributed by atoms with Crippen LogP contribution in [0, 0.1) is 19.8 Å². The summed E-state index contributed by atoms with van der Waals surface area (Å²) in [4.78, 5) is 29.2. The SMILES string of the molecule is Cc1nc2cc(=O)[nH]n2c(C)c1CC(=O)NC(c1ccccc1)C1CCCCC1. The minimum Gasteiger partial charge on any atom is -0.349 e. The van der Waals surface area contributed by atoms with E-state index in [0.29, 0.717) is 11.6 Å². The zero-order valence-corrected chi connectivity index (χ0v) is 17.1. The molecule has 1 aliphatic carbocycles. The molecule has 0 bridgehead atoms. The van der Waals surface area contributed by atoms with Gasteiger partial charge in [-0.1, -0.05) is 49.6 Å². The summed E-state index contributed by atoms with van der Waals surface area (Å²) >= 11 is 0. The normalized spacial score (nSPS) is 16.1. The lowest BCUT2D eigenvalue weighted by atomic mass is 9.81. The van der Waals surface area contributed by atoms with Crippen LogP contribution in [0.5, 0.6) is 0 Å². The molecule has 1 fully saturated rings. The fourth-order valence-electron chi connectivity index (χ4n) is 4.60. The molecule has 1 atom stereocenters. The lowest BCUT2D eigenvalue weighted by molar-refractivity contribution is -0.121. The van der Waals surface area contributed by atoms with Crippen LogP contribution in [0.3, 0.4) is 0 Å². The Labute approximate surface area is 170 Å². The van der Waals surface area contributed by atoms with E-state index in [1.54, 1.807) is 4.52 Å². The van der Waals surface area contributed by atoms with Crippen molar-refractivity contribution in [2.24, 2.45) is 5.92 Å². The molecule has 0 aliphatic heterocycles. The molecule has 1 aromatic carbocycles. The lowest BCUT2D eigenvalue weighted by Gasteiger charge is -2.31. The van der Waals surface area contributed by atoms with E-state index in [9.17, 15) is 9.59 Å². The molecule has 6 heteroatoms. The highest BCUT2D eigenvalue weighted by atomic mass is 16.1. The van der Waals surface area contributed by atoms with Gasteiger partial charge in [0.15, 0.2) is 5.65 Å². The number of aromatic nitrogens is 3. The number of carbonyl (C=O) groups is 1. The molecule has 4 rings (SSSR count). The molecule has 2 heterocycles. The molecule has 2 N–H and O–H groups in total. The van der Waals surface area contributed by atoms with Crippen molar-refractivity contribution in [2.45, 2.75) is 58.4 Å². The number of carbonyl (C=O) groups excluding carboxylic acids is 1. The Hall–Kier alpha value is -2.89. The number of benzene rings is 1. The van der Waals surface area contributed by atoms with Gasteiger partial charge >= 0.3 is 0 Å². The van der Waals surface area contributed by atoms with E-state index in [-0.39, 0.29) is 23.9 Å². The Kier molecular flexibility index (Phi) is 5.51. The van der Waals surface area contributed by atoms with Crippen molar-refractivity contribution in [1.82, 2.24) is 19.9 Å². The number of nitrogens with zero attached hydrogens (tertiary/aromatic N) is 2. The molecule has 29 heavy (non-hydrogen) atoms. The summed E-state index contributed by atoms with van der Waals surface area (Å²) < 4.78 is 1.66. The van der Waals surface area contributed by atoms with Gasteiger partial charge in [0.2, 0.25) is 5.91 Å². The molecule has 1 amide bonds. The molecule has 0 spiro atoms. The van der Waals surface area contributed by atoms with Gasteiger partial charge in [0.1, 0.15) is 0 Å². The summed E-state index contributed by atoms with van der Waals surface area (Å²) in [5.74, 6) is 0.463. The van der Waals surface area contributed by atoms with E-state index in [4.69, 9.17) is 0 Å². The zero-order valence-electron chi connectivity index (χ0n) is 17.1. The number of hydrogen-bond donors (Lipinski definition) is 2. The Morgan fingerprint density at radius 1 is 1.21 bits per heavy atom. The van der Waals surface area contributed by atoms with Crippen molar-refractivity contribution in [3.05, 3.63) is 69.3 Å². The highest BCUT2D eigenvalue weighted by Gasteiger charge is 2.27. The summed E-state index contributed by atoms with van der Waals surface area (Å²) in [5, 5.41) is 6.06. The van der Waals surface area contributed by atoms with E-state index in [1.807, 2.05) is 32.0 Å². The summed E-state index contributed by atoms with van der Waals surface area (Å²) in [6.45, 7) is 3.80. The van der Waals surface area contributed by atoms with Gasteiger partial charge in [0.25, 0.3) is 5.56 Å². The Morgan fingerprint density at radius 3 is 2.66 bits per heavy atom. The maximum Gasteiger partial charge on any atom is 0.266 e. The van der Waals surface area contributed by atoms with E-state index >= 15 is 0 Å². The standard InChI is InChI=1S/C23H28N4O2/c1-15-19(16(2)27-20(24-15)14-22(29)26-27)13-21(28)25-23(17-9-5-3-6-10-17)18-11-7-4-8-12-18/h3,5-6,9-10,14,18,23H,4,7-8,11-13H2,1-2H3,(H,25,28)(H,26,29). The lowest BCUT2D eigenvalue weighted by Crippen LogP contribution is -2.35. The van der Waals surface area contributed by atoms with Crippen LogP contribution in [0.2, 0.25) is 0 Å². The van der Waals surface area contributed by atoms with Crippen LogP contribution in [-0.2, 0) is 11.2 Å². The molecule has 6 nitrogen and oxygen atoms in total. The minimum absolute atomic E-state index is 0.00807. The smallest absolute Gasteiger partial charge is 0.266 e. The first-order chi connectivity index (χ1) is 14.0. The van der Waals surface area contributed by atoms with Gasteiger partial charge in [0, 0.05) is 23.0 Å². The third-order valence-electron chi connectivity index (χ3n) is 6.14. The summed E-state index contributed by atoms with van der Waals surface area (Å²) in [6.07, 6.45) is 6.28. The summed E-state index contributed by atoms with van der Waals surface area (Å²) in [6, 6.07) is 11.8. The second-order valence-corrected chi connectivity index (χ2v) is 8.11. The van der Waals surface area contributed by atoms with Crippen LogP contribution < -0.4 is 10.9 Å². The van der Waals surface area contributed by atoms with E-state index in [1.165, 1.54) is 30.9 Å². The molecular weight excluding hydrogens is 364 g/mol. The van der Waals surface area contributed by atoms with Gasteiger partial charge in [-0.2, -0.15) is 0 Å². The number of fused-ring (bicyclic) bond motifs is 1. The molecule has 0 radical (unpaired) electrons. The summed E-state index contributed by atoms with van der Waals surface area (Å²) in [5.41, 5.74) is 4.05. The van der Waals surface area contributed by atoms with Crippen molar-refractivity contribution < 1.29 is 4.79 Å². The predicted molar refractivity (Wildman–Crippen MR) is 113 cm³/mol. The van der Waals surface area contributed by atoms with Crippen molar-refractivity contribution in [3.8, 4) is 0 Å². The zero-order chi connectivity index (χ0) is 20.4. The van der Waals surface area contributed by atoms with Gasteiger partial charge in [-0.25, -0.2) is 9.50 Å². The first-order valence-electron chi connectivity index (χ1n) is 10.4. The highest BCUT2D eigenvalue weighted by Crippen LogP contribution is 2.34. The van der Waals surface area contributed by atoms with Crippen LogP contribution in [-0.4, -0.2) is 20.5 Å². The van der Waals surface area contributed by atoms with Crippen LogP contribution in [0.1, 0.15) is 60.7 Å². The quantitative estimate of drug-likeness (QED) is 0.696. The largest absolute Gasteiger partial charge is 0.349 e. The number of amides is 1. The fourth-order valence-corrected chi connectivity index (χ4v) is 4.60. The Morgan fingerprint density at radius 2 is 1.93 bits per heavy atom. The third kappa shape index (κ3) is 4.11. The molecule has 2 aromatic heterocycles.